The van der Waals surface area contributed by atoms with Crippen molar-refractivity contribution in [2.45, 2.75) is 44.6 Å². The minimum absolute atomic E-state index is 0.0665. The molecular formula is C17H23F2NO2. The van der Waals surface area contributed by atoms with Crippen LogP contribution in [0.15, 0.2) is 24.3 Å². The molecule has 122 valence electrons. The van der Waals surface area contributed by atoms with E-state index in [9.17, 15) is 13.6 Å². The summed E-state index contributed by atoms with van der Waals surface area (Å²) in [6, 6.07) is 7.55. The summed E-state index contributed by atoms with van der Waals surface area (Å²) in [5.41, 5.74) is 0.997. The second-order valence-corrected chi connectivity index (χ2v) is 6.04. The first-order valence-corrected chi connectivity index (χ1v) is 7.63. The normalized spacial score (nSPS) is 18.4. The van der Waals surface area contributed by atoms with Crippen molar-refractivity contribution in [1.29, 1.82) is 0 Å². The zero-order valence-electron chi connectivity index (χ0n) is 13.3. The van der Waals surface area contributed by atoms with E-state index in [0.717, 1.165) is 17.7 Å². The lowest BCUT2D eigenvalue weighted by atomic mass is 9.79. The van der Waals surface area contributed by atoms with E-state index in [1.54, 1.807) is 19.1 Å². The van der Waals surface area contributed by atoms with Gasteiger partial charge < -0.3 is 9.64 Å². The van der Waals surface area contributed by atoms with Gasteiger partial charge in [0.2, 0.25) is 11.8 Å². The van der Waals surface area contributed by atoms with Gasteiger partial charge in [-0.15, -0.1) is 0 Å². The third kappa shape index (κ3) is 3.76. The van der Waals surface area contributed by atoms with Crippen LogP contribution in [0.4, 0.5) is 8.78 Å². The molecule has 22 heavy (non-hydrogen) atoms. The van der Waals surface area contributed by atoms with Gasteiger partial charge in [0.15, 0.2) is 0 Å². The average molecular weight is 311 g/mol. The summed E-state index contributed by atoms with van der Waals surface area (Å²) < 4.78 is 31.0. The molecule has 0 spiro atoms. The Morgan fingerprint density at radius 2 is 2.14 bits per heavy atom. The van der Waals surface area contributed by atoms with Crippen LogP contribution in [0.25, 0.3) is 0 Å². The van der Waals surface area contributed by atoms with Crippen LogP contribution in [0.5, 0.6) is 5.75 Å². The van der Waals surface area contributed by atoms with E-state index in [-0.39, 0.29) is 37.1 Å². The molecule has 1 amide bonds. The predicted octanol–water partition coefficient (Wildman–Crippen LogP) is 4.04. The molecule has 0 heterocycles. The molecule has 1 aliphatic carbocycles. The second-order valence-electron chi connectivity index (χ2n) is 6.04. The van der Waals surface area contributed by atoms with E-state index in [4.69, 9.17) is 4.74 Å². The topological polar surface area (TPSA) is 29.5 Å². The van der Waals surface area contributed by atoms with Gasteiger partial charge >= 0.3 is 0 Å². The number of nitrogens with zero attached hydrogens (tertiary/aromatic N) is 1. The minimum Gasteiger partial charge on any atom is -0.497 e. The van der Waals surface area contributed by atoms with Gasteiger partial charge in [-0.25, -0.2) is 8.78 Å². The number of carbonyl (C=O) groups is 1. The highest BCUT2D eigenvalue weighted by atomic mass is 19.3. The molecule has 1 fully saturated rings. The summed E-state index contributed by atoms with van der Waals surface area (Å²) in [4.78, 5) is 14.0. The third-order valence-corrected chi connectivity index (χ3v) is 4.36. The lowest BCUT2D eigenvalue weighted by molar-refractivity contribution is -0.142. The Bertz CT molecular complexity index is 525. The van der Waals surface area contributed by atoms with Gasteiger partial charge in [0, 0.05) is 26.3 Å². The van der Waals surface area contributed by atoms with Crippen LogP contribution in [0.2, 0.25) is 0 Å². The zero-order valence-corrected chi connectivity index (χ0v) is 13.3. The van der Waals surface area contributed by atoms with Crippen molar-refractivity contribution in [1.82, 2.24) is 4.90 Å². The zero-order chi connectivity index (χ0) is 16.3. The summed E-state index contributed by atoms with van der Waals surface area (Å²) >= 11 is 0. The Balaban J connectivity index is 2.01. The summed E-state index contributed by atoms with van der Waals surface area (Å²) in [7, 11) is 3.35. The fourth-order valence-corrected chi connectivity index (χ4v) is 3.08. The van der Waals surface area contributed by atoms with E-state index in [2.05, 4.69) is 0 Å². The molecule has 0 radical (unpaired) electrons. The van der Waals surface area contributed by atoms with Crippen molar-refractivity contribution < 1.29 is 18.3 Å². The van der Waals surface area contributed by atoms with Gasteiger partial charge in [0.1, 0.15) is 5.75 Å². The summed E-state index contributed by atoms with van der Waals surface area (Å²) in [6.07, 6.45) is 0.633. The Hall–Kier alpha value is -1.65. The molecule has 1 saturated carbocycles. The first kappa shape index (κ1) is 16.7. The molecule has 1 aliphatic rings. The van der Waals surface area contributed by atoms with Crippen molar-refractivity contribution in [2.24, 2.45) is 5.92 Å². The largest absolute Gasteiger partial charge is 0.497 e. The van der Waals surface area contributed by atoms with Crippen molar-refractivity contribution in [3.63, 3.8) is 0 Å². The standard InChI is InChI=1S/C17H23F2NO2/c1-4-15(13-6-5-7-14(9-13)22-3)20(2)16(21)8-12-10-17(18,19)11-12/h5-7,9,12,15H,4,8,10-11H2,1-3H3. The van der Waals surface area contributed by atoms with Crippen LogP contribution >= 0.6 is 0 Å². The van der Waals surface area contributed by atoms with Gasteiger partial charge in [0.05, 0.1) is 13.2 Å². The Morgan fingerprint density at radius 1 is 1.45 bits per heavy atom. The number of amides is 1. The lowest BCUT2D eigenvalue weighted by Crippen LogP contribution is -2.40. The molecule has 0 N–H and O–H groups in total. The summed E-state index contributed by atoms with van der Waals surface area (Å²) in [5, 5.41) is 0. The first-order valence-electron chi connectivity index (χ1n) is 7.63. The minimum atomic E-state index is -2.57. The number of alkyl halides is 2. The highest BCUT2D eigenvalue weighted by molar-refractivity contribution is 5.76. The molecule has 1 atom stereocenters. The van der Waals surface area contributed by atoms with Crippen LogP contribution in [-0.4, -0.2) is 30.9 Å². The number of rotatable bonds is 6. The maximum absolute atomic E-state index is 12.9. The molecule has 1 aromatic carbocycles. The maximum Gasteiger partial charge on any atom is 0.248 e. The Morgan fingerprint density at radius 3 is 2.68 bits per heavy atom. The fraction of sp³-hybridized carbons (Fsp3) is 0.588. The number of carbonyl (C=O) groups excluding carboxylic acids is 1. The molecule has 5 heteroatoms. The number of hydrogen-bond donors (Lipinski definition) is 0. The van der Waals surface area contributed by atoms with Crippen molar-refractivity contribution in [2.75, 3.05) is 14.2 Å². The smallest absolute Gasteiger partial charge is 0.248 e. The Kier molecular flexibility index (Phi) is 5.04. The van der Waals surface area contributed by atoms with Crippen LogP contribution in [-0.2, 0) is 4.79 Å². The van der Waals surface area contributed by atoms with Crippen LogP contribution in [0.3, 0.4) is 0 Å². The fourth-order valence-electron chi connectivity index (χ4n) is 3.08. The highest BCUT2D eigenvalue weighted by Gasteiger charge is 2.46. The maximum atomic E-state index is 12.9. The van der Waals surface area contributed by atoms with Gasteiger partial charge in [-0.3, -0.25) is 4.79 Å². The van der Waals surface area contributed by atoms with Crippen molar-refractivity contribution in [3.8, 4) is 5.75 Å². The monoisotopic (exact) mass is 311 g/mol. The molecule has 0 aromatic heterocycles. The van der Waals surface area contributed by atoms with E-state index in [0.29, 0.717) is 0 Å². The molecule has 1 aromatic rings. The second kappa shape index (κ2) is 6.63. The van der Waals surface area contributed by atoms with Crippen LogP contribution in [0, 0.1) is 5.92 Å². The molecule has 0 bridgehead atoms. The lowest BCUT2D eigenvalue weighted by Gasteiger charge is -2.36. The predicted molar refractivity (Wildman–Crippen MR) is 81.1 cm³/mol. The van der Waals surface area contributed by atoms with E-state index >= 15 is 0 Å². The van der Waals surface area contributed by atoms with Gasteiger partial charge in [-0.1, -0.05) is 19.1 Å². The molecule has 0 aliphatic heterocycles. The number of ether oxygens (including phenoxy) is 1. The Labute approximate surface area is 130 Å². The van der Waals surface area contributed by atoms with Crippen molar-refractivity contribution in [3.05, 3.63) is 29.8 Å². The summed E-state index contributed by atoms with van der Waals surface area (Å²) in [6.45, 7) is 2.01. The van der Waals surface area contributed by atoms with Crippen molar-refractivity contribution >= 4 is 5.91 Å². The molecule has 1 unspecified atom stereocenters. The molecule has 0 saturated heterocycles. The quantitative estimate of drug-likeness (QED) is 0.793. The van der Waals surface area contributed by atoms with Gasteiger partial charge in [-0.05, 0) is 30.0 Å². The number of benzene rings is 1. The van der Waals surface area contributed by atoms with Crippen LogP contribution in [0.1, 0.15) is 44.2 Å². The molecule has 3 nitrogen and oxygen atoms in total. The summed E-state index contributed by atoms with van der Waals surface area (Å²) in [5.74, 6) is -2.08. The van der Waals surface area contributed by atoms with Gasteiger partial charge in [0.25, 0.3) is 0 Å². The highest BCUT2D eigenvalue weighted by Crippen LogP contribution is 2.44. The SMILES string of the molecule is CCC(c1cccc(OC)c1)N(C)C(=O)CC1CC(F)(F)C1. The third-order valence-electron chi connectivity index (χ3n) is 4.36. The molecule has 2 rings (SSSR count). The van der Waals surface area contributed by atoms with E-state index in [1.165, 1.54) is 0 Å². The number of hydrogen-bond acceptors (Lipinski definition) is 2. The molecular weight excluding hydrogens is 288 g/mol. The average Bonchev–Trinajstić information content (AvgIpc) is 2.46. The van der Waals surface area contributed by atoms with Crippen LogP contribution < -0.4 is 4.74 Å². The van der Waals surface area contributed by atoms with Gasteiger partial charge in [-0.2, -0.15) is 0 Å². The number of halogens is 2. The number of methoxy groups -OCH3 is 1. The first-order chi connectivity index (χ1) is 10.4. The van der Waals surface area contributed by atoms with E-state index in [1.807, 2.05) is 31.2 Å². The van der Waals surface area contributed by atoms with E-state index < -0.39 is 5.92 Å².